The third-order valence-electron chi connectivity index (χ3n) is 6.83. The number of hydrogen-bond donors (Lipinski definition) is 2. The van der Waals surface area contributed by atoms with Gasteiger partial charge in [0.1, 0.15) is 11.9 Å². The lowest BCUT2D eigenvalue weighted by Gasteiger charge is -2.25. The molecule has 0 saturated heterocycles. The maximum atomic E-state index is 13.5. The van der Waals surface area contributed by atoms with Gasteiger partial charge in [-0.1, -0.05) is 49.0 Å². The first-order valence-electron chi connectivity index (χ1n) is 13.2. The predicted octanol–water partition coefficient (Wildman–Crippen LogP) is 4.01. The maximum absolute atomic E-state index is 13.5. The molecule has 3 heterocycles. The first-order valence-corrected chi connectivity index (χ1v) is 14.2. The molecule has 3 aliphatic heterocycles. The fourth-order valence-corrected chi connectivity index (χ4v) is 5.48. The van der Waals surface area contributed by atoms with Gasteiger partial charge in [-0.15, -0.1) is 0 Å². The van der Waals surface area contributed by atoms with Gasteiger partial charge in [-0.2, -0.15) is 0 Å². The molecule has 3 aliphatic rings. The van der Waals surface area contributed by atoms with E-state index >= 15 is 0 Å². The van der Waals surface area contributed by atoms with E-state index in [1.165, 1.54) is 10.5 Å². The zero-order valence-corrected chi connectivity index (χ0v) is 23.1. The molecule has 0 saturated carbocycles. The highest BCUT2D eigenvalue weighted by Gasteiger charge is 2.42. The molecule has 3 amide bonds. The second-order valence-corrected chi connectivity index (χ2v) is 10.6. The molecule has 3 aromatic rings. The van der Waals surface area contributed by atoms with Crippen LogP contribution in [0.15, 0.2) is 76.7 Å². The number of thioether (sulfide) groups is 1. The van der Waals surface area contributed by atoms with E-state index in [2.05, 4.69) is 27.5 Å². The first-order chi connectivity index (χ1) is 20.0. The number of aryl methyl sites for hydroxylation is 1. The number of aliphatic imine (C=N–C) groups is 2. The zero-order chi connectivity index (χ0) is 28.3. The van der Waals surface area contributed by atoms with E-state index in [1.54, 1.807) is 6.07 Å². The molecule has 2 N–H and O–H groups in total. The number of carbonyl (C=O) groups is 3. The average Bonchev–Trinajstić information content (AvgIpc) is 3.59. The smallest absolute Gasteiger partial charge is 0.259 e. The molecule has 208 valence electrons. The molecule has 0 spiro atoms. The number of carbonyl (C=O) groups excluding carboxylic acids is 3. The van der Waals surface area contributed by atoms with Crippen LogP contribution in [0.4, 0.5) is 11.4 Å². The van der Waals surface area contributed by atoms with Gasteiger partial charge in [0.25, 0.3) is 5.91 Å². The van der Waals surface area contributed by atoms with Crippen LogP contribution in [-0.4, -0.2) is 52.2 Å². The molecule has 1 atom stereocenters. The zero-order valence-electron chi connectivity index (χ0n) is 22.3. The first kappa shape index (κ1) is 26.6. The number of ether oxygens (including phenoxy) is 2. The quantitative estimate of drug-likeness (QED) is 0.423. The number of amidine groups is 2. The average molecular weight is 570 g/mol. The van der Waals surface area contributed by atoms with E-state index in [9.17, 15) is 14.4 Å². The van der Waals surface area contributed by atoms with Crippen molar-refractivity contribution in [1.29, 1.82) is 0 Å². The Morgan fingerprint density at radius 2 is 1.78 bits per heavy atom. The summed E-state index contributed by atoms with van der Waals surface area (Å²) in [5, 5.41) is 6.09. The highest BCUT2D eigenvalue weighted by atomic mass is 32.2. The van der Waals surface area contributed by atoms with Crippen LogP contribution >= 0.6 is 11.8 Å². The Morgan fingerprint density at radius 3 is 2.61 bits per heavy atom. The van der Waals surface area contributed by atoms with Gasteiger partial charge >= 0.3 is 0 Å². The molecule has 0 radical (unpaired) electrons. The molecule has 11 heteroatoms. The molecule has 0 aliphatic carbocycles. The molecule has 0 aromatic heterocycles. The Hall–Kier alpha value is -4.64. The largest absolute Gasteiger partial charge is 0.454 e. The summed E-state index contributed by atoms with van der Waals surface area (Å²) >= 11 is 1.15. The molecule has 41 heavy (non-hydrogen) atoms. The highest BCUT2D eigenvalue weighted by Crippen LogP contribution is 2.34. The summed E-state index contributed by atoms with van der Waals surface area (Å²) in [5.41, 5.74) is 4.09. The maximum Gasteiger partial charge on any atom is 0.259 e. The van der Waals surface area contributed by atoms with Crippen molar-refractivity contribution in [1.82, 2.24) is 10.2 Å². The molecule has 0 bridgehead atoms. The van der Waals surface area contributed by atoms with Crippen LogP contribution in [0.5, 0.6) is 11.5 Å². The topological polar surface area (TPSA) is 122 Å². The predicted molar refractivity (Wildman–Crippen MR) is 157 cm³/mol. The highest BCUT2D eigenvalue weighted by molar-refractivity contribution is 8.14. The van der Waals surface area contributed by atoms with Gasteiger partial charge in [-0.3, -0.25) is 19.4 Å². The lowest BCUT2D eigenvalue weighted by atomic mass is 10.1. The second kappa shape index (κ2) is 11.5. The Morgan fingerprint density at radius 1 is 1.00 bits per heavy atom. The van der Waals surface area contributed by atoms with Gasteiger partial charge in [0.05, 0.1) is 17.9 Å². The summed E-state index contributed by atoms with van der Waals surface area (Å²) in [4.78, 5) is 49.7. The Balaban J connectivity index is 1.11. The summed E-state index contributed by atoms with van der Waals surface area (Å²) in [7, 11) is 0. The fraction of sp³-hybridized carbons (Fsp3) is 0.233. The van der Waals surface area contributed by atoms with Crippen LogP contribution < -0.4 is 20.1 Å². The number of amides is 3. The van der Waals surface area contributed by atoms with Crippen LogP contribution in [0.1, 0.15) is 30.0 Å². The molecule has 3 aromatic carbocycles. The van der Waals surface area contributed by atoms with E-state index < -0.39 is 6.04 Å². The summed E-state index contributed by atoms with van der Waals surface area (Å²) in [6.07, 6.45) is 0.805. The monoisotopic (exact) mass is 569 g/mol. The minimum Gasteiger partial charge on any atom is -0.454 e. The Labute approximate surface area is 240 Å². The normalized spacial score (nSPS) is 16.5. The van der Waals surface area contributed by atoms with Gasteiger partial charge in [0.2, 0.25) is 18.6 Å². The minimum absolute atomic E-state index is 0.0499. The number of nitrogens with zero attached hydrogens (tertiary/aromatic N) is 3. The Kier molecular flexibility index (Phi) is 7.43. The van der Waals surface area contributed by atoms with Crippen molar-refractivity contribution in [2.45, 2.75) is 32.4 Å². The standard InChI is InChI=1S/C30H27N5O5S/c1-2-18-7-10-20(11-8-18)32-27(37)16-41-30-34-22-6-4-3-5-21(22)28-33-23(29(38)35(28)30)14-26(36)31-15-19-9-12-24-25(13-19)40-17-39-24/h3-13,23H,2,14-17H2,1H3,(H,31,36)(H,32,37)/t23-/m1/s1. The number of nitrogens with one attached hydrogen (secondary N) is 2. The molecule has 0 fully saturated rings. The van der Waals surface area contributed by atoms with Crippen molar-refractivity contribution < 1.29 is 23.9 Å². The van der Waals surface area contributed by atoms with Gasteiger partial charge in [0.15, 0.2) is 16.7 Å². The molecule has 6 rings (SSSR count). The van der Waals surface area contributed by atoms with E-state index in [1.807, 2.05) is 60.7 Å². The van der Waals surface area contributed by atoms with Crippen molar-refractivity contribution in [3.8, 4) is 11.5 Å². The molecular formula is C30H27N5O5S. The fourth-order valence-electron chi connectivity index (χ4n) is 4.68. The van der Waals surface area contributed by atoms with Crippen LogP contribution in [0, 0.1) is 0 Å². The molecular weight excluding hydrogens is 542 g/mol. The third-order valence-corrected chi connectivity index (χ3v) is 7.77. The van der Waals surface area contributed by atoms with E-state index in [0.29, 0.717) is 39.4 Å². The molecule has 10 nitrogen and oxygen atoms in total. The van der Waals surface area contributed by atoms with Gasteiger partial charge in [-0.05, 0) is 53.9 Å². The number of fused-ring (bicyclic) bond motifs is 4. The van der Waals surface area contributed by atoms with E-state index in [4.69, 9.17) is 9.47 Å². The van der Waals surface area contributed by atoms with Crippen molar-refractivity contribution in [2.24, 2.45) is 9.98 Å². The lowest BCUT2D eigenvalue weighted by Crippen LogP contribution is -2.42. The number of hydrogen-bond acceptors (Lipinski definition) is 8. The minimum atomic E-state index is -0.899. The van der Waals surface area contributed by atoms with Gasteiger partial charge in [0, 0.05) is 17.8 Å². The third kappa shape index (κ3) is 5.66. The summed E-state index contributed by atoms with van der Waals surface area (Å²) in [6, 6.07) is 19.6. The van der Waals surface area contributed by atoms with E-state index in [0.717, 1.165) is 23.7 Å². The summed E-state index contributed by atoms with van der Waals surface area (Å²) < 4.78 is 10.7. The van der Waals surface area contributed by atoms with Crippen LogP contribution in [0.25, 0.3) is 0 Å². The second-order valence-electron chi connectivity index (χ2n) is 9.61. The van der Waals surface area contributed by atoms with Crippen LogP contribution in [-0.2, 0) is 27.3 Å². The van der Waals surface area contributed by atoms with Crippen molar-refractivity contribution in [3.63, 3.8) is 0 Å². The number of benzene rings is 3. The number of anilines is 1. The number of para-hydroxylation sites is 1. The Bertz CT molecular complexity index is 1590. The van der Waals surface area contributed by atoms with Crippen LogP contribution in [0.2, 0.25) is 0 Å². The van der Waals surface area contributed by atoms with Crippen molar-refractivity contribution >= 4 is 51.9 Å². The molecule has 0 unspecified atom stereocenters. The van der Waals surface area contributed by atoms with Gasteiger partial charge in [-0.25, -0.2) is 9.89 Å². The summed E-state index contributed by atoms with van der Waals surface area (Å²) in [5.74, 6) is 0.916. The lowest BCUT2D eigenvalue weighted by molar-refractivity contribution is -0.128. The van der Waals surface area contributed by atoms with Crippen molar-refractivity contribution in [2.75, 3.05) is 17.9 Å². The SMILES string of the molecule is CCc1ccc(NC(=O)CSC2=Nc3ccccc3C3=N[C@H](CC(=O)NCc4ccc5c(c4)OCO5)C(=O)N23)cc1. The van der Waals surface area contributed by atoms with Gasteiger partial charge < -0.3 is 20.1 Å². The number of rotatable bonds is 8. The van der Waals surface area contributed by atoms with E-state index in [-0.39, 0.29) is 43.2 Å². The van der Waals surface area contributed by atoms with Crippen LogP contribution in [0.3, 0.4) is 0 Å². The van der Waals surface area contributed by atoms with Crippen molar-refractivity contribution in [3.05, 3.63) is 83.4 Å². The summed E-state index contributed by atoms with van der Waals surface area (Å²) in [6.45, 7) is 2.52.